The van der Waals surface area contributed by atoms with E-state index in [4.69, 9.17) is 9.84 Å². The van der Waals surface area contributed by atoms with Crippen molar-refractivity contribution in [1.82, 2.24) is 0 Å². The highest BCUT2D eigenvalue weighted by atomic mass is 19.1. The number of hydrogen-bond acceptors (Lipinski definition) is 3. The van der Waals surface area contributed by atoms with Gasteiger partial charge in [-0.3, -0.25) is 0 Å². The molecule has 84 valence electrons. The van der Waals surface area contributed by atoms with Crippen LogP contribution in [0.4, 0.5) is 10.1 Å². The van der Waals surface area contributed by atoms with Crippen LogP contribution in [0.25, 0.3) is 0 Å². The van der Waals surface area contributed by atoms with Crippen LogP contribution >= 0.6 is 0 Å². The number of aliphatic hydroxyl groups is 1. The zero-order chi connectivity index (χ0) is 11.1. The number of halogens is 1. The van der Waals surface area contributed by atoms with Crippen LogP contribution in [0.15, 0.2) is 18.2 Å². The van der Waals surface area contributed by atoms with Gasteiger partial charge in [0.15, 0.2) is 0 Å². The van der Waals surface area contributed by atoms with Crippen molar-refractivity contribution in [3.63, 3.8) is 0 Å². The maximum Gasteiger partial charge on any atom is 0.125 e. The Morgan fingerprint density at radius 2 is 2.13 bits per heavy atom. The van der Waals surface area contributed by atoms with Gasteiger partial charge in [0.05, 0.1) is 19.8 Å². The first kappa shape index (κ1) is 11.9. The van der Waals surface area contributed by atoms with Crippen LogP contribution in [0.1, 0.15) is 5.56 Å². The SMILES string of the molecule is Cc1cc(F)cc(NCCOCCO)c1. The average Bonchev–Trinajstić information content (AvgIpc) is 2.16. The maximum absolute atomic E-state index is 13.0. The molecule has 2 N–H and O–H groups in total. The number of ether oxygens (including phenoxy) is 1. The third kappa shape index (κ3) is 4.76. The molecule has 0 aliphatic carbocycles. The Balaban J connectivity index is 2.31. The van der Waals surface area contributed by atoms with Crippen molar-refractivity contribution in [3.05, 3.63) is 29.6 Å². The summed E-state index contributed by atoms with van der Waals surface area (Å²) in [5.74, 6) is -0.242. The van der Waals surface area contributed by atoms with Crippen molar-refractivity contribution in [3.8, 4) is 0 Å². The van der Waals surface area contributed by atoms with Crippen molar-refractivity contribution in [1.29, 1.82) is 0 Å². The number of nitrogens with one attached hydrogen (secondary N) is 1. The summed E-state index contributed by atoms with van der Waals surface area (Å²) in [6, 6.07) is 4.79. The van der Waals surface area contributed by atoms with E-state index in [1.54, 1.807) is 0 Å². The van der Waals surface area contributed by atoms with E-state index in [9.17, 15) is 4.39 Å². The van der Waals surface area contributed by atoms with Crippen LogP contribution in [0.3, 0.4) is 0 Å². The second-order valence-electron chi connectivity index (χ2n) is 3.28. The van der Waals surface area contributed by atoms with Gasteiger partial charge in [-0.05, 0) is 30.7 Å². The van der Waals surface area contributed by atoms with Crippen molar-refractivity contribution < 1.29 is 14.2 Å². The molecule has 0 heterocycles. The Kier molecular flexibility index (Phi) is 5.07. The van der Waals surface area contributed by atoms with Gasteiger partial charge in [-0.25, -0.2) is 4.39 Å². The van der Waals surface area contributed by atoms with Gasteiger partial charge in [0, 0.05) is 12.2 Å². The fourth-order valence-corrected chi connectivity index (χ4v) is 1.27. The van der Waals surface area contributed by atoms with Crippen LogP contribution in [-0.4, -0.2) is 31.5 Å². The quantitative estimate of drug-likeness (QED) is 0.704. The summed E-state index contributed by atoms with van der Waals surface area (Å²) in [5, 5.41) is 11.5. The molecular weight excluding hydrogens is 197 g/mol. The molecule has 0 aliphatic rings. The fraction of sp³-hybridized carbons (Fsp3) is 0.455. The molecule has 0 bridgehead atoms. The van der Waals surface area contributed by atoms with Gasteiger partial charge in [0.2, 0.25) is 0 Å². The molecule has 0 aliphatic heterocycles. The minimum Gasteiger partial charge on any atom is -0.394 e. The lowest BCUT2D eigenvalue weighted by Gasteiger charge is -2.07. The molecule has 0 aromatic heterocycles. The van der Waals surface area contributed by atoms with Gasteiger partial charge in [-0.2, -0.15) is 0 Å². The number of anilines is 1. The van der Waals surface area contributed by atoms with Gasteiger partial charge < -0.3 is 15.2 Å². The van der Waals surface area contributed by atoms with Gasteiger partial charge in [0.1, 0.15) is 5.82 Å². The van der Waals surface area contributed by atoms with E-state index in [0.717, 1.165) is 11.3 Å². The lowest BCUT2D eigenvalue weighted by molar-refractivity contribution is 0.0992. The Bertz CT molecular complexity index is 284. The van der Waals surface area contributed by atoms with Crippen LogP contribution < -0.4 is 5.32 Å². The monoisotopic (exact) mass is 213 g/mol. The van der Waals surface area contributed by atoms with Gasteiger partial charge in [-0.15, -0.1) is 0 Å². The molecule has 15 heavy (non-hydrogen) atoms. The Morgan fingerprint density at radius 3 is 2.80 bits per heavy atom. The summed E-state index contributed by atoms with van der Waals surface area (Å²) >= 11 is 0. The fourth-order valence-electron chi connectivity index (χ4n) is 1.27. The Labute approximate surface area is 88.9 Å². The van der Waals surface area contributed by atoms with Crippen molar-refractivity contribution in [2.45, 2.75) is 6.92 Å². The summed E-state index contributed by atoms with van der Waals surface area (Å²) in [4.78, 5) is 0. The number of rotatable bonds is 6. The second-order valence-corrected chi connectivity index (χ2v) is 3.28. The summed E-state index contributed by atoms with van der Waals surface area (Å²) in [5.41, 5.74) is 1.63. The molecule has 0 saturated carbocycles. The average molecular weight is 213 g/mol. The van der Waals surface area contributed by atoms with Gasteiger partial charge in [0.25, 0.3) is 0 Å². The second kappa shape index (κ2) is 6.37. The minimum absolute atomic E-state index is 0.0269. The van der Waals surface area contributed by atoms with Crippen molar-refractivity contribution >= 4 is 5.69 Å². The molecule has 4 heteroatoms. The normalized spacial score (nSPS) is 10.3. The standard InChI is InChI=1S/C11H16FNO2/c1-9-6-10(12)8-11(7-9)13-2-4-15-5-3-14/h6-8,13-14H,2-5H2,1H3. The molecule has 0 amide bonds. The van der Waals surface area contributed by atoms with E-state index < -0.39 is 0 Å². The molecule has 1 aromatic carbocycles. The minimum atomic E-state index is -0.242. The van der Waals surface area contributed by atoms with E-state index in [1.807, 2.05) is 13.0 Å². The zero-order valence-electron chi connectivity index (χ0n) is 8.79. The number of benzene rings is 1. The summed E-state index contributed by atoms with van der Waals surface area (Å²) in [6.45, 7) is 3.30. The van der Waals surface area contributed by atoms with Crippen molar-refractivity contribution in [2.24, 2.45) is 0 Å². The van der Waals surface area contributed by atoms with E-state index in [1.165, 1.54) is 12.1 Å². The first-order valence-electron chi connectivity index (χ1n) is 4.92. The molecule has 1 aromatic rings. The lowest BCUT2D eigenvalue weighted by Crippen LogP contribution is -2.11. The molecular formula is C11H16FNO2. The molecule has 1 rings (SSSR count). The Morgan fingerprint density at radius 1 is 1.33 bits per heavy atom. The number of aryl methyl sites for hydroxylation is 1. The topological polar surface area (TPSA) is 41.5 Å². The van der Waals surface area contributed by atoms with Crippen LogP contribution in [0.5, 0.6) is 0 Å². The first-order valence-corrected chi connectivity index (χ1v) is 4.92. The highest BCUT2D eigenvalue weighted by Gasteiger charge is 1.97. The third-order valence-corrected chi connectivity index (χ3v) is 1.85. The molecule has 0 radical (unpaired) electrons. The first-order chi connectivity index (χ1) is 7.22. The maximum atomic E-state index is 13.0. The lowest BCUT2D eigenvalue weighted by atomic mass is 10.2. The highest BCUT2D eigenvalue weighted by Crippen LogP contribution is 2.12. The van der Waals surface area contributed by atoms with Gasteiger partial charge in [-0.1, -0.05) is 0 Å². The van der Waals surface area contributed by atoms with E-state index >= 15 is 0 Å². The number of aliphatic hydroxyl groups excluding tert-OH is 1. The molecule has 0 atom stereocenters. The largest absolute Gasteiger partial charge is 0.394 e. The van der Waals surface area contributed by atoms with Crippen molar-refractivity contribution in [2.75, 3.05) is 31.7 Å². The zero-order valence-corrected chi connectivity index (χ0v) is 8.79. The smallest absolute Gasteiger partial charge is 0.125 e. The molecule has 0 unspecified atom stereocenters. The predicted molar refractivity (Wildman–Crippen MR) is 57.5 cm³/mol. The van der Waals surface area contributed by atoms with Crippen LogP contribution in [0, 0.1) is 12.7 Å². The predicted octanol–water partition coefficient (Wildman–Crippen LogP) is 1.55. The van der Waals surface area contributed by atoms with E-state index in [2.05, 4.69) is 5.32 Å². The van der Waals surface area contributed by atoms with E-state index in [0.29, 0.717) is 19.8 Å². The summed E-state index contributed by atoms with van der Waals surface area (Å²) in [6.07, 6.45) is 0. The molecule has 3 nitrogen and oxygen atoms in total. The highest BCUT2D eigenvalue weighted by molar-refractivity contribution is 5.45. The molecule has 0 spiro atoms. The molecule has 0 saturated heterocycles. The van der Waals surface area contributed by atoms with Gasteiger partial charge >= 0.3 is 0 Å². The third-order valence-electron chi connectivity index (χ3n) is 1.85. The number of hydrogen-bond donors (Lipinski definition) is 2. The van der Waals surface area contributed by atoms with E-state index in [-0.39, 0.29) is 12.4 Å². The van der Waals surface area contributed by atoms with Crippen LogP contribution in [-0.2, 0) is 4.74 Å². The van der Waals surface area contributed by atoms with Crippen LogP contribution in [0.2, 0.25) is 0 Å². The molecule has 0 fully saturated rings. The Hall–Kier alpha value is -1.13. The summed E-state index contributed by atoms with van der Waals surface area (Å²) in [7, 11) is 0. The summed E-state index contributed by atoms with van der Waals surface area (Å²) < 4.78 is 18.0.